The third-order valence-electron chi connectivity index (χ3n) is 3.50. The maximum absolute atomic E-state index is 11.6. The first-order chi connectivity index (χ1) is 11.7. The maximum atomic E-state index is 11.6. The molecular weight excluding hydrogens is 316 g/mol. The number of carbonyl (C=O) groups excluding carboxylic acids is 1. The van der Waals surface area contributed by atoms with Gasteiger partial charge in [-0.1, -0.05) is 36.8 Å². The van der Waals surface area contributed by atoms with E-state index in [4.69, 9.17) is 4.74 Å². The third-order valence-corrected chi connectivity index (χ3v) is 3.50. The molecule has 0 aliphatic carbocycles. The summed E-state index contributed by atoms with van der Waals surface area (Å²) in [5, 5.41) is 9.19. The average molecular weight is 348 g/mol. The zero-order chi connectivity index (χ0) is 18.9. The van der Waals surface area contributed by atoms with Crippen molar-refractivity contribution in [2.24, 2.45) is 4.99 Å². The second kappa shape index (κ2) is 9.91. The van der Waals surface area contributed by atoms with Crippen LogP contribution in [0.15, 0.2) is 29.3 Å². The molecule has 1 rings (SSSR count). The monoisotopic (exact) mass is 348 g/mol. The summed E-state index contributed by atoms with van der Waals surface area (Å²) in [4.78, 5) is 15.8. The summed E-state index contributed by atoms with van der Waals surface area (Å²) < 4.78 is 5.18. The Bertz CT molecular complexity index is 579. The smallest absolute Gasteiger partial charge is 0.407 e. The van der Waals surface area contributed by atoms with Gasteiger partial charge in [-0.25, -0.2) is 4.79 Å². The molecule has 6 heteroatoms. The number of hydrogen-bond donors (Lipinski definition) is 3. The molecule has 3 N–H and O–H groups in total. The summed E-state index contributed by atoms with van der Waals surface area (Å²) in [7, 11) is 1.73. The van der Waals surface area contributed by atoms with Crippen LogP contribution in [0, 0.1) is 6.92 Å². The highest BCUT2D eigenvalue weighted by atomic mass is 16.6. The Labute approximate surface area is 151 Å². The molecule has 0 fully saturated rings. The van der Waals surface area contributed by atoms with Crippen LogP contribution in [0.3, 0.4) is 0 Å². The van der Waals surface area contributed by atoms with E-state index in [9.17, 15) is 4.79 Å². The quantitative estimate of drug-likeness (QED) is 0.420. The molecule has 0 radical (unpaired) electrons. The minimum atomic E-state index is -0.485. The largest absolute Gasteiger partial charge is 0.444 e. The van der Waals surface area contributed by atoms with Crippen LogP contribution in [0.5, 0.6) is 0 Å². The molecule has 1 unspecified atom stereocenters. The second-order valence-electron chi connectivity index (χ2n) is 7.12. The van der Waals surface area contributed by atoms with Gasteiger partial charge in [0.05, 0.1) is 0 Å². The molecule has 6 nitrogen and oxygen atoms in total. The Morgan fingerprint density at radius 1 is 1.20 bits per heavy atom. The number of nitrogens with one attached hydrogen (secondary N) is 3. The Morgan fingerprint density at radius 3 is 2.48 bits per heavy atom. The normalized spacial score (nSPS) is 13.1. The highest BCUT2D eigenvalue weighted by molar-refractivity contribution is 5.79. The van der Waals surface area contributed by atoms with Crippen LogP contribution >= 0.6 is 0 Å². The Morgan fingerprint density at radius 2 is 1.88 bits per heavy atom. The number of ether oxygens (including phenoxy) is 1. The number of aliphatic imine (C=N–C) groups is 1. The van der Waals surface area contributed by atoms with Gasteiger partial charge in [0.25, 0.3) is 0 Å². The number of hydrogen-bond acceptors (Lipinski definition) is 3. The molecule has 1 atom stereocenters. The van der Waals surface area contributed by atoms with E-state index in [0.29, 0.717) is 25.0 Å². The van der Waals surface area contributed by atoms with Crippen molar-refractivity contribution in [3.8, 4) is 0 Å². The van der Waals surface area contributed by atoms with Gasteiger partial charge in [0.15, 0.2) is 5.96 Å². The van der Waals surface area contributed by atoms with E-state index >= 15 is 0 Å². The van der Waals surface area contributed by atoms with Crippen LogP contribution in [0.4, 0.5) is 4.79 Å². The fraction of sp³-hybridized carbons (Fsp3) is 0.579. The first-order valence-corrected chi connectivity index (χ1v) is 8.69. The van der Waals surface area contributed by atoms with Gasteiger partial charge in [0, 0.05) is 26.7 Å². The van der Waals surface area contributed by atoms with Crippen molar-refractivity contribution in [2.45, 2.75) is 46.1 Å². The summed E-state index contributed by atoms with van der Waals surface area (Å²) >= 11 is 0. The summed E-state index contributed by atoms with van der Waals surface area (Å²) in [5.41, 5.74) is 2.08. The molecule has 0 spiro atoms. The van der Waals surface area contributed by atoms with Crippen LogP contribution in [-0.2, 0) is 4.74 Å². The van der Waals surface area contributed by atoms with Gasteiger partial charge >= 0.3 is 6.09 Å². The zero-order valence-corrected chi connectivity index (χ0v) is 16.3. The van der Waals surface area contributed by atoms with Crippen molar-refractivity contribution >= 4 is 12.1 Å². The number of alkyl carbamates (subject to hydrolysis) is 1. The number of rotatable bonds is 6. The molecule has 1 aromatic rings. The van der Waals surface area contributed by atoms with Crippen LogP contribution in [0.25, 0.3) is 0 Å². The van der Waals surface area contributed by atoms with E-state index in [0.717, 1.165) is 6.54 Å². The van der Waals surface area contributed by atoms with Gasteiger partial charge in [-0.15, -0.1) is 0 Å². The maximum Gasteiger partial charge on any atom is 0.407 e. The molecule has 0 heterocycles. The molecule has 0 aromatic heterocycles. The molecule has 1 amide bonds. The summed E-state index contributed by atoms with van der Waals surface area (Å²) in [6.07, 6.45) is -0.412. The molecular formula is C19H32N4O2. The Balaban J connectivity index is 2.30. The number of carbonyl (C=O) groups is 1. The molecule has 0 aliphatic rings. The molecule has 0 saturated carbocycles. The highest BCUT2D eigenvalue weighted by Gasteiger charge is 2.15. The number of guanidine groups is 1. The molecule has 0 bridgehead atoms. The number of nitrogens with zero attached hydrogens (tertiary/aromatic N) is 1. The van der Waals surface area contributed by atoms with Crippen molar-refractivity contribution < 1.29 is 9.53 Å². The van der Waals surface area contributed by atoms with Crippen LogP contribution < -0.4 is 16.0 Å². The van der Waals surface area contributed by atoms with Crippen molar-refractivity contribution in [3.05, 3.63) is 35.4 Å². The predicted octanol–water partition coefficient (Wildman–Crippen LogP) is 2.79. The van der Waals surface area contributed by atoms with E-state index in [1.165, 1.54) is 11.1 Å². The van der Waals surface area contributed by atoms with Gasteiger partial charge < -0.3 is 20.7 Å². The lowest BCUT2D eigenvalue weighted by molar-refractivity contribution is 0.0529. The standard InChI is InChI=1S/C19H32N4O2/c1-14-8-7-9-16(12-14)15(2)13-23-17(20-6)21-10-11-22-18(24)25-19(3,4)5/h7-9,12,15H,10-11,13H2,1-6H3,(H,22,24)(H2,20,21,23). The van der Waals surface area contributed by atoms with Gasteiger partial charge in [0.1, 0.15) is 5.60 Å². The lowest BCUT2D eigenvalue weighted by atomic mass is 9.99. The summed E-state index contributed by atoms with van der Waals surface area (Å²) in [6, 6.07) is 8.52. The average Bonchev–Trinajstić information content (AvgIpc) is 2.52. The van der Waals surface area contributed by atoms with Gasteiger partial charge in [0.2, 0.25) is 0 Å². The fourth-order valence-electron chi connectivity index (χ4n) is 2.22. The van der Waals surface area contributed by atoms with Crippen molar-refractivity contribution in [2.75, 3.05) is 26.7 Å². The SMILES string of the molecule is CN=C(NCCNC(=O)OC(C)(C)C)NCC(C)c1cccc(C)c1. The van der Waals surface area contributed by atoms with Gasteiger partial charge in [-0.2, -0.15) is 0 Å². The fourth-order valence-corrected chi connectivity index (χ4v) is 2.22. The molecule has 140 valence electrons. The van der Waals surface area contributed by atoms with E-state index in [1.54, 1.807) is 7.05 Å². The molecule has 25 heavy (non-hydrogen) atoms. The van der Waals surface area contributed by atoms with Crippen molar-refractivity contribution in [3.63, 3.8) is 0 Å². The highest BCUT2D eigenvalue weighted by Crippen LogP contribution is 2.15. The van der Waals surface area contributed by atoms with E-state index in [-0.39, 0.29) is 0 Å². The van der Waals surface area contributed by atoms with Gasteiger partial charge in [-0.3, -0.25) is 4.99 Å². The number of amides is 1. The number of benzene rings is 1. The molecule has 0 aliphatic heterocycles. The van der Waals surface area contributed by atoms with E-state index in [2.05, 4.69) is 59.1 Å². The van der Waals surface area contributed by atoms with Crippen molar-refractivity contribution in [1.82, 2.24) is 16.0 Å². The summed E-state index contributed by atoms with van der Waals surface area (Å²) in [5.74, 6) is 1.09. The first-order valence-electron chi connectivity index (χ1n) is 8.69. The van der Waals surface area contributed by atoms with Crippen LogP contribution in [-0.4, -0.2) is 44.3 Å². The van der Waals surface area contributed by atoms with Gasteiger partial charge in [-0.05, 0) is 39.2 Å². The Kier molecular flexibility index (Phi) is 8.25. The molecule has 1 aromatic carbocycles. The summed E-state index contributed by atoms with van der Waals surface area (Å²) in [6.45, 7) is 11.6. The molecule has 0 saturated heterocycles. The predicted molar refractivity (Wildman–Crippen MR) is 103 cm³/mol. The first kappa shape index (κ1) is 20.8. The Hall–Kier alpha value is -2.24. The minimum absolute atomic E-state index is 0.373. The number of aryl methyl sites for hydroxylation is 1. The van der Waals surface area contributed by atoms with Crippen LogP contribution in [0.2, 0.25) is 0 Å². The van der Waals surface area contributed by atoms with Crippen LogP contribution in [0.1, 0.15) is 44.7 Å². The second-order valence-corrected chi connectivity index (χ2v) is 7.12. The van der Waals surface area contributed by atoms with Crippen molar-refractivity contribution in [1.29, 1.82) is 0 Å². The third kappa shape index (κ3) is 8.98. The lowest BCUT2D eigenvalue weighted by Gasteiger charge is -2.20. The minimum Gasteiger partial charge on any atom is -0.444 e. The van der Waals surface area contributed by atoms with E-state index < -0.39 is 11.7 Å². The zero-order valence-electron chi connectivity index (χ0n) is 16.3. The van der Waals surface area contributed by atoms with E-state index in [1.807, 2.05) is 20.8 Å². The lowest BCUT2D eigenvalue weighted by Crippen LogP contribution is -2.43. The topological polar surface area (TPSA) is 74.8 Å².